The van der Waals surface area contributed by atoms with Crippen molar-refractivity contribution in [2.75, 3.05) is 0 Å². The summed E-state index contributed by atoms with van der Waals surface area (Å²) in [6.07, 6.45) is 3.40. The molecule has 0 aliphatic rings. The SMILES string of the molecule is Cc1nn(-c2ccc(C#N)c(Cl)c2)c(C)c1C(=O)NCc1cccnc1. The predicted molar refractivity (Wildman–Crippen MR) is 98.2 cm³/mol. The lowest BCUT2D eigenvalue weighted by Crippen LogP contribution is -2.24. The van der Waals surface area contributed by atoms with E-state index in [1.807, 2.05) is 25.1 Å². The number of hydrogen-bond acceptors (Lipinski definition) is 4. The average molecular weight is 366 g/mol. The van der Waals surface area contributed by atoms with Gasteiger partial charge in [0.25, 0.3) is 5.91 Å². The summed E-state index contributed by atoms with van der Waals surface area (Å²) in [6.45, 7) is 4.00. The fourth-order valence-corrected chi connectivity index (χ4v) is 2.94. The van der Waals surface area contributed by atoms with E-state index in [-0.39, 0.29) is 5.91 Å². The second-order valence-electron chi connectivity index (χ2n) is 5.78. The fourth-order valence-electron chi connectivity index (χ4n) is 2.72. The Hall–Kier alpha value is -3.17. The van der Waals surface area contributed by atoms with E-state index in [0.717, 1.165) is 5.56 Å². The molecule has 1 N–H and O–H groups in total. The number of amides is 1. The summed E-state index contributed by atoms with van der Waals surface area (Å²) in [5.41, 5.74) is 3.85. The third-order valence-corrected chi connectivity index (χ3v) is 4.32. The van der Waals surface area contributed by atoms with Crippen LogP contribution >= 0.6 is 11.6 Å². The van der Waals surface area contributed by atoms with E-state index in [1.54, 1.807) is 42.2 Å². The van der Waals surface area contributed by atoms with E-state index in [2.05, 4.69) is 15.4 Å². The Kier molecular flexibility index (Phi) is 5.01. The van der Waals surface area contributed by atoms with Gasteiger partial charge in [-0.05, 0) is 43.7 Å². The molecule has 26 heavy (non-hydrogen) atoms. The number of aromatic nitrogens is 3. The zero-order valence-electron chi connectivity index (χ0n) is 14.3. The molecule has 1 aromatic carbocycles. The van der Waals surface area contributed by atoms with Gasteiger partial charge in [-0.15, -0.1) is 0 Å². The molecule has 3 aromatic rings. The number of halogens is 1. The van der Waals surface area contributed by atoms with E-state index in [9.17, 15) is 4.79 Å². The molecule has 7 heteroatoms. The highest BCUT2D eigenvalue weighted by Crippen LogP contribution is 2.23. The van der Waals surface area contributed by atoms with Crippen LogP contribution in [0.3, 0.4) is 0 Å². The minimum Gasteiger partial charge on any atom is -0.348 e. The smallest absolute Gasteiger partial charge is 0.255 e. The van der Waals surface area contributed by atoms with E-state index in [1.165, 1.54) is 0 Å². The molecule has 0 fully saturated rings. The van der Waals surface area contributed by atoms with Gasteiger partial charge < -0.3 is 5.32 Å². The molecule has 0 saturated heterocycles. The Bertz CT molecular complexity index is 1000. The van der Waals surface area contributed by atoms with Crippen LogP contribution in [0.5, 0.6) is 0 Å². The minimum absolute atomic E-state index is 0.199. The van der Waals surface area contributed by atoms with Crippen LogP contribution in [-0.2, 0) is 6.54 Å². The van der Waals surface area contributed by atoms with E-state index in [4.69, 9.17) is 16.9 Å². The minimum atomic E-state index is -0.199. The first-order chi connectivity index (χ1) is 12.5. The van der Waals surface area contributed by atoms with Gasteiger partial charge in [0.15, 0.2) is 0 Å². The summed E-state index contributed by atoms with van der Waals surface area (Å²) in [4.78, 5) is 16.7. The molecule has 3 rings (SSSR count). The largest absolute Gasteiger partial charge is 0.348 e. The Balaban J connectivity index is 1.87. The van der Waals surface area contributed by atoms with Crippen LogP contribution in [-0.4, -0.2) is 20.7 Å². The number of carbonyl (C=O) groups is 1. The maximum absolute atomic E-state index is 12.6. The number of rotatable bonds is 4. The second kappa shape index (κ2) is 7.38. The van der Waals surface area contributed by atoms with Crippen molar-refractivity contribution in [1.29, 1.82) is 5.26 Å². The van der Waals surface area contributed by atoms with Crippen molar-refractivity contribution in [3.8, 4) is 11.8 Å². The van der Waals surface area contributed by atoms with Gasteiger partial charge in [0.05, 0.1) is 33.2 Å². The topological polar surface area (TPSA) is 83.6 Å². The number of carbonyl (C=O) groups excluding carboxylic acids is 1. The van der Waals surface area contributed by atoms with Gasteiger partial charge in [-0.1, -0.05) is 17.7 Å². The molecule has 0 bridgehead atoms. The number of hydrogen-bond donors (Lipinski definition) is 1. The average Bonchev–Trinajstić information content (AvgIpc) is 2.95. The lowest BCUT2D eigenvalue weighted by molar-refractivity contribution is 0.0949. The number of nitrogens with zero attached hydrogens (tertiary/aromatic N) is 4. The first kappa shape index (κ1) is 17.6. The maximum atomic E-state index is 12.6. The number of benzene rings is 1. The van der Waals surface area contributed by atoms with E-state index >= 15 is 0 Å². The van der Waals surface area contributed by atoms with Gasteiger partial charge in [0.2, 0.25) is 0 Å². The number of aryl methyl sites for hydroxylation is 1. The van der Waals surface area contributed by atoms with Crippen LogP contribution in [0.25, 0.3) is 5.69 Å². The summed E-state index contributed by atoms with van der Waals surface area (Å²) in [6, 6.07) is 10.8. The van der Waals surface area contributed by atoms with Gasteiger partial charge in [-0.3, -0.25) is 9.78 Å². The molecule has 1 amide bonds. The molecule has 0 radical (unpaired) electrons. The highest BCUT2D eigenvalue weighted by molar-refractivity contribution is 6.31. The lowest BCUT2D eigenvalue weighted by atomic mass is 10.1. The Morgan fingerprint density at radius 3 is 2.81 bits per heavy atom. The van der Waals surface area contributed by atoms with E-state index in [0.29, 0.717) is 39.8 Å². The predicted octanol–water partition coefficient (Wildman–Crippen LogP) is 3.34. The standard InChI is InChI=1S/C19H16ClN5O/c1-12-18(19(26)23-11-14-4-3-7-22-10-14)13(2)25(24-12)16-6-5-15(9-21)17(20)8-16/h3-8,10H,11H2,1-2H3,(H,23,26). The van der Waals surface area contributed by atoms with Gasteiger partial charge in [0, 0.05) is 18.9 Å². The van der Waals surface area contributed by atoms with Crippen LogP contribution in [0, 0.1) is 25.2 Å². The Morgan fingerprint density at radius 1 is 1.35 bits per heavy atom. The molecule has 2 heterocycles. The van der Waals surface area contributed by atoms with Crippen LogP contribution in [0.2, 0.25) is 5.02 Å². The molecule has 0 aliphatic heterocycles. The maximum Gasteiger partial charge on any atom is 0.255 e. The third-order valence-electron chi connectivity index (χ3n) is 4.01. The lowest BCUT2D eigenvalue weighted by Gasteiger charge is -2.07. The first-order valence-corrected chi connectivity index (χ1v) is 8.32. The van der Waals surface area contributed by atoms with Crippen LogP contribution in [0.4, 0.5) is 0 Å². The molecule has 2 aromatic heterocycles. The summed E-state index contributed by atoms with van der Waals surface area (Å²) >= 11 is 6.11. The van der Waals surface area contributed by atoms with Crippen molar-refractivity contribution in [2.24, 2.45) is 0 Å². The number of nitrogens with one attached hydrogen (secondary N) is 1. The Morgan fingerprint density at radius 2 is 2.15 bits per heavy atom. The number of nitriles is 1. The van der Waals surface area contributed by atoms with Gasteiger partial charge in [0.1, 0.15) is 6.07 Å². The summed E-state index contributed by atoms with van der Waals surface area (Å²) < 4.78 is 1.65. The molecule has 0 spiro atoms. The van der Waals surface area contributed by atoms with Gasteiger partial charge >= 0.3 is 0 Å². The van der Waals surface area contributed by atoms with E-state index < -0.39 is 0 Å². The molecule has 130 valence electrons. The molecular formula is C19H16ClN5O. The van der Waals surface area contributed by atoms with Crippen LogP contribution in [0.15, 0.2) is 42.7 Å². The second-order valence-corrected chi connectivity index (χ2v) is 6.18. The van der Waals surface area contributed by atoms with Crippen molar-refractivity contribution in [2.45, 2.75) is 20.4 Å². The molecule has 6 nitrogen and oxygen atoms in total. The molecule has 0 atom stereocenters. The van der Waals surface area contributed by atoms with Crippen molar-refractivity contribution in [3.05, 3.63) is 75.8 Å². The first-order valence-electron chi connectivity index (χ1n) is 7.94. The van der Waals surface area contributed by atoms with Crippen molar-refractivity contribution in [1.82, 2.24) is 20.1 Å². The number of pyridine rings is 1. The normalized spacial score (nSPS) is 10.4. The highest BCUT2D eigenvalue weighted by atomic mass is 35.5. The van der Waals surface area contributed by atoms with Crippen LogP contribution in [0.1, 0.15) is 32.9 Å². The molecular weight excluding hydrogens is 350 g/mol. The van der Waals surface area contributed by atoms with Gasteiger partial charge in [-0.25, -0.2) is 4.68 Å². The molecule has 0 saturated carbocycles. The highest BCUT2D eigenvalue weighted by Gasteiger charge is 2.19. The fraction of sp³-hybridized carbons (Fsp3) is 0.158. The zero-order chi connectivity index (χ0) is 18.7. The monoisotopic (exact) mass is 365 g/mol. The van der Waals surface area contributed by atoms with Gasteiger partial charge in [-0.2, -0.15) is 10.4 Å². The van der Waals surface area contributed by atoms with Crippen molar-refractivity contribution < 1.29 is 4.79 Å². The van der Waals surface area contributed by atoms with Crippen molar-refractivity contribution in [3.63, 3.8) is 0 Å². The molecule has 0 aliphatic carbocycles. The quantitative estimate of drug-likeness (QED) is 0.768. The zero-order valence-corrected chi connectivity index (χ0v) is 15.1. The summed E-state index contributed by atoms with van der Waals surface area (Å²) in [7, 11) is 0. The summed E-state index contributed by atoms with van der Waals surface area (Å²) in [5, 5.41) is 16.7. The molecule has 0 unspecified atom stereocenters. The third kappa shape index (κ3) is 3.44. The summed E-state index contributed by atoms with van der Waals surface area (Å²) in [5.74, 6) is -0.199. The van der Waals surface area contributed by atoms with Crippen molar-refractivity contribution >= 4 is 17.5 Å². The van der Waals surface area contributed by atoms with Crippen LogP contribution < -0.4 is 5.32 Å². The Labute approximate surface area is 156 Å².